The molecule has 0 aliphatic rings. The van der Waals surface area contributed by atoms with E-state index in [0.29, 0.717) is 0 Å². The van der Waals surface area contributed by atoms with Gasteiger partial charge in [0.2, 0.25) is 5.76 Å². The monoisotopic (exact) mass is 236 g/mol. The van der Waals surface area contributed by atoms with Crippen LogP contribution in [0.5, 0.6) is 5.75 Å². The molecule has 0 aliphatic heterocycles. The number of carbonyl (C=O) groups is 1. The van der Waals surface area contributed by atoms with Gasteiger partial charge in [0.05, 0.1) is 12.7 Å². The Kier molecular flexibility index (Phi) is 2.82. The Morgan fingerprint density at radius 1 is 1.35 bits per heavy atom. The minimum atomic E-state index is -1.19. The molecule has 1 aromatic heterocycles. The van der Waals surface area contributed by atoms with Crippen LogP contribution in [0.25, 0.3) is 11.3 Å². The molecular weight excluding hydrogens is 227 g/mol. The number of furan rings is 1. The Balaban J connectivity index is 2.49. The molecular formula is C12H9FO4. The summed E-state index contributed by atoms with van der Waals surface area (Å²) in [6.45, 7) is 0. The van der Waals surface area contributed by atoms with Gasteiger partial charge >= 0.3 is 5.97 Å². The third kappa shape index (κ3) is 1.99. The molecule has 2 aromatic rings. The molecule has 0 atom stereocenters. The van der Waals surface area contributed by atoms with Crippen LogP contribution in [0.1, 0.15) is 10.6 Å². The number of benzene rings is 1. The fraction of sp³-hybridized carbons (Fsp3) is 0.0833. The van der Waals surface area contributed by atoms with Gasteiger partial charge in [-0.3, -0.25) is 0 Å². The first-order chi connectivity index (χ1) is 8.13. The lowest BCUT2D eigenvalue weighted by atomic mass is 10.1. The highest BCUT2D eigenvalue weighted by Crippen LogP contribution is 2.30. The molecule has 0 bridgehead atoms. The minimum Gasteiger partial charge on any atom is -0.494 e. The first-order valence-electron chi connectivity index (χ1n) is 4.79. The van der Waals surface area contributed by atoms with Crippen molar-refractivity contribution in [2.24, 2.45) is 0 Å². The van der Waals surface area contributed by atoms with E-state index >= 15 is 0 Å². The van der Waals surface area contributed by atoms with Crippen molar-refractivity contribution in [1.29, 1.82) is 0 Å². The predicted molar refractivity (Wildman–Crippen MR) is 57.6 cm³/mol. The second-order valence-electron chi connectivity index (χ2n) is 3.29. The standard InChI is InChI=1S/C12H9FO4/c1-16-9-4-2-3-7(11(9)13)8-5-6-10(17-8)12(14)15/h2-6H,1H3,(H,14,15). The van der Waals surface area contributed by atoms with Crippen molar-refractivity contribution in [2.45, 2.75) is 0 Å². The quantitative estimate of drug-likeness (QED) is 0.890. The van der Waals surface area contributed by atoms with Crippen LogP contribution in [0.2, 0.25) is 0 Å². The van der Waals surface area contributed by atoms with Crippen LogP contribution >= 0.6 is 0 Å². The third-order valence-corrected chi connectivity index (χ3v) is 2.27. The fourth-order valence-corrected chi connectivity index (χ4v) is 1.46. The second kappa shape index (κ2) is 4.29. The molecule has 1 heterocycles. The molecule has 2 rings (SSSR count). The topological polar surface area (TPSA) is 59.7 Å². The molecule has 5 heteroatoms. The number of ether oxygens (including phenoxy) is 1. The fourth-order valence-electron chi connectivity index (χ4n) is 1.46. The van der Waals surface area contributed by atoms with Crippen LogP contribution in [-0.2, 0) is 0 Å². The van der Waals surface area contributed by atoms with Gasteiger partial charge < -0.3 is 14.3 Å². The number of methoxy groups -OCH3 is 1. The first-order valence-corrected chi connectivity index (χ1v) is 4.79. The molecule has 0 radical (unpaired) electrons. The normalized spacial score (nSPS) is 10.2. The number of halogens is 1. The molecule has 0 amide bonds. The summed E-state index contributed by atoms with van der Waals surface area (Å²) in [6, 6.07) is 7.24. The van der Waals surface area contributed by atoms with Gasteiger partial charge in [-0.15, -0.1) is 0 Å². The van der Waals surface area contributed by atoms with Crippen molar-refractivity contribution in [3.8, 4) is 17.1 Å². The van der Waals surface area contributed by atoms with Gasteiger partial charge in [-0.05, 0) is 24.3 Å². The third-order valence-electron chi connectivity index (χ3n) is 2.27. The molecule has 0 saturated heterocycles. The smallest absolute Gasteiger partial charge is 0.371 e. The summed E-state index contributed by atoms with van der Waals surface area (Å²) in [4.78, 5) is 10.6. The minimum absolute atomic E-state index is 0.0794. The van der Waals surface area contributed by atoms with Gasteiger partial charge in [0, 0.05) is 0 Å². The highest BCUT2D eigenvalue weighted by atomic mass is 19.1. The van der Waals surface area contributed by atoms with Gasteiger partial charge in [0.25, 0.3) is 0 Å². The van der Waals surface area contributed by atoms with E-state index in [9.17, 15) is 9.18 Å². The van der Waals surface area contributed by atoms with Crippen molar-refractivity contribution < 1.29 is 23.4 Å². The second-order valence-corrected chi connectivity index (χ2v) is 3.29. The molecule has 88 valence electrons. The van der Waals surface area contributed by atoms with Gasteiger partial charge in [-0.25, -0.2) is 9.18 Å². The van der Waals surface area contributed by atoms with Crippen LogP contribution in [0, 0.1) is 5.82 Å². The summed E-state index contributed by atoms with van der Waals surface area (Å²) in [5.74, 6) is -1.78. The van der Waals surface area contributed by atoms with E-state index in [-0.39, 0.29) is 22.8 Å². The number of hydrogen-bond donors (Lipinski definition) is 1. The number of rotatable bonds is 3. The maximum atomic E-state index is 13.8. The lowest BCUT2D eigenvalue weighted by molar-refractivity contribution is 0.0663. The van der Waals surface area contributed by atoms with Crippen molar-refractivity contribution in [3.63, 3.8) is 0 Å². The van der Waals surface area contributed by atoms with Gasteiger partial charge in [-0.2, -0.15) is 0 Å². The SMILES string of the molecule is COc1cccc(-c2ccc(C(=O)O)o2)c1F. The molecule has 0 unspecified atom stereocenters. The largest absolute Gasteiger partial charge is 0.494 e. The summed E-state index contributed by atoms with van der Waals surface area (Å²) < 4.78 is 23.7. The van der Waals surface area contributed by atoms with E-state index in [2.05, 4.69) is 0 Å². The summed E-state index contributed by atoms with van der Waals surface area (Å²) in [6.07, 6.45) is 0. The lowest BCUT2D eigenvalue weighted by Crippen LogP contribution is -1.92. The number of hydrogen-bond acceptors (Lipinski definition) is 3. The average Bonchev–Trinajstić information content (AvgIpc) is 2.78. The molecule has 1 aromatic carbocycles. The maximum Gasteiger partial charge on any atom is 0.371 e. The highest BCUT2D eigenvalue weighted by Gasteiger charge is 2.15. The molecule has 17 heavy (non-hydrogen) atoms. The molecule has 1 N–H and O–H groups in total. The average molecular weight is 236 g/mol. The van der Waals surface area contributed by atoms with Crippen LogP contribution < -0.4 is 4.74 Å². The number of carboxylic acid groups (broad SMARTS) is 1. The van der Waals surface area contributed by atoms with Crippen LogP contribution in [0.3, 0.4) is 0 Å². The number of carboxylic acids is 1. The van der Waals surface area contributed by atoms with Crippen LogP contribution in [0.4, 0.5) is 4.39 Å². The van der Waals surface area contributed by atoms with E-state index in [4.69, 9.17) is 14.3 Å². The zero-order chi connectivity index (χ0) is 12.4. The molecule has 0 spiro atoms. The Labute approximate surface area is 96.2 Å². The number of aromatic carboxylic acids is 1. The first kappa shape index (κ1) is 11.2. The predicted octanol–water partition coefficient (Wildman–Crippen LogP) is 2.79. The van der Waals surface area contributed by atoms with E-state index in [1.165, 1.54) is 31.4 Å². The van der Waals surface area contributed by atoms with Gasteiger partial charge in [0.1, 0.15) is 5.76 Å². The van der Waals surface area contributed by atoms with Gasteiger partial charge in [0.15, 0.2) is 11.6 Å². The molecule has 0 fully saturated rings. The van der Waals surface area contributed by atoms with Crippen LogP contribution in [-0.4, -0.2) is 18.2 Å². The highest BCUT2D eigenvalue weighted by molar-refractivity contribution is 5.85. The van der Waals surface area contributed by atoms with E-state index in [1.807, 2.05) is 0 Å². The zero-order valence-electron chi connectivity index (χ0n) is 8.94. The summed E-state index contributed by atoms with van der Waals surface area (Å²) >= 11 is 0. The van der Waals surface area contributed by atoms with Crippen molar-refractivity contribution in [1.82, 2.24) is 0 Å². The summed E-state index contributed by atoms with van der Waals surface area (Å²) in [7, 11) is 1.35. The molecule has 4 nitrogen and oxygen atoms in total. The molecule has 0 saturated carbocycles. The zero-order valence-corrected chi connectivity index (χ0v) is 8.94. The summed E-state index contributed by atoms with van der Waals surface area (Å²) in [5.41, 5.74) is 0.164. The van der Waals surface area contributed by atoms with E-state index in [0.717, 1.165) is 0 Å². The Hall–Kier alpha value is -2.30. The Bertz CT molecular complexity index is 559. The summed E-state index contributed by atoms with van der Waals surface area (Å²) in [5, 5.41) is 8.70. The Morgan fingerprint density at radius 2 is 2.12 bits per heavy atom. The van der Waals surface area contributed by atoms with Crippen molar-refractivity contribution in [3.05, 3.63) is 41.9 Å². The lowest BCUT2D eigenvalue weighted by Gasteiger charge is -2.04. The molecule has 0 aliphatic carbocycles. The maximum absolute atomic E-state index is 13.8. The van der Waals surface area contributed by atoms with E-state index < -0.39 is 11.8 Å². The van der Waals surface area contributed by atoms with E-state index in [1.54, 1.807) is 6.07 Å². The van der Waals surface area contributed by atoms with Crippen LogP contribution in [0.15, 0.2) is 34.7 Å². The Morgan fingerprint density at radius 3 is 2.71 bits per heavy atom. The van der Waals surface area contributed by atoms with Crippen molar-refractivity contribution >= 4 is 5.97 Å². The van der Waals surface area contributed by atoms with Crippen molar-refractivity contribution in [2.75, 3.05) is 7.11 Å². The van der Waals surface area contributed by atoms with Gasteiger partial charge in [-0.1, -0.05) is 6.07 Å².